The van der Waals surface area contributed by atoms with Crippen molar-refractivity contribution in [2.45, 2.75) is 13.0 Å². The Balaban J connectivity index is 2.23. The van der Waals surface area contributed by atoms with Crippen molar-refractivity contribution in [3.8, 4) is 0 Å². The number of halogens is 3. The van der Waals surface area contributed by atoms with E-state index in [1.165, 1.54) is 17.4 Å². The Morgan fingerprint density at radius 1 is 1.35 bits per heavy atom. The quantitative estimate of drug-likeness (QED) is 0.769. The number of benzene rings is 1. The van der Waals surface area contributed by atoms with Crippen molar-refractivity contribution in [1.82, 2.24) is 9.55 Å². The molecule has 2 heterocycles. The summed E-state index contributed by atoms with van der Waals surface area (Å²) in [4.78, 5) is 4.91. The van der Waals surface area contributed by atoms with E-state index in [1.807, 2.05) is 13.0 Å². The Morgan fingerprint density at radius 2 is 2.10 bits per heavy atom. The molecule has 0 saturated heterocycles. The molecule has 3 nitrogen and oxygen atoms in total. The number of thiophene rings is 1. The van der Waals surface area contributed by atoms with Crippen molar-refractivity contribution in [3.05, 3.63) is 45.1 Å². The largest absolute Gasteiger partial charge is 0.369 e. The summed E-state index contributed by atoms with van der Waals surface area (Å²) >= 11 is 7.31. The van der Waals surface area contributed by atoms with Crippen LogP contribution in [0.15, 0.2) is 24.3 Å². The second-order valence-electron chi connectivity index (χ2n) is 4.41. The minimum absolute atomic E-state index is 0.0680. The molecular weight excluding hydrogens is 304 g/mol. The average Bonchev–Trinajstić information content (AvgIpc) is 2.92. The van der Waals surface area contributed by atoms with Crippen LogP contribution in [0.3, 0.4) is 0 Å². The van der Waals surface area contributed by atoms with Crippen LogP contribution in [0.1, 0.15) is 17.8 Å². The molecule has 0 radical (unpaired) electrons. The van der Waals surface area contributed by atoms with Crippen molar-refractivity contribution in [2.24, 2.45) is 0 Å². The van der Waals surface area contributed by atoms with Crippen LogP contribution in [0.5, 0.6) is 0 Å². The van der Waals surface area contributed by atoms with Gasteiger partial charge in [-0.05, 0) is 19.1 Å². The highest BCUT2D eigenvalue weighted by atomic mass is 35.5. The Kier molecular flexibility index (Phi) is 3.14. The highest BCUT2D eigenvalue weighted by Crippen LogP contribution is 2.33. The molecule has 3 aromatic rings. The van der Waals surface area contributed by atoms with Crippen molar-refractivity contribution in [1.29, 1.82) is 0 Å². The van der Waals surface area contributed by atoms with Crippen molar-refractivity contribution in [2.75, 3.05) is 5.73 Å². The van der Waals surface area contributed by atoms with E-state index in [1.54, 1.807) is 10.6 Å². The van der Waals surface area contributed by atoms with E-state index in [4.69, 9.17) is 17.3 Å². The molecular formula is C13H10ClF2N3S. The van der Waals surface area contributed by atoms with Crippen LogP contribution in [-0.4, -0.2) is 9.55 Å². The van der Waals surface area contributed by atoms with Gasteiger partial charge in [-0.15, -0.1) is 11.3 Å². The van der Waals surface area contributed by atoms with E-state index in [0.717, 1.165) is 10.9 Å². The van der Waals surface area contributed by atoms with Crippen molar-refractivity contribution >= 4 is 39.9 Å². The summed E-state index contributed by atoms with van der Waals surface area (Å²) in [7, 11) is 0. The second kappa shape index (κ2) is 4.71. The first kappa shape index (κ1) is 13.3. The zero-order valence-electron chi connectivity index (χ0n) is 10.4. The predicted octanol–water partition coefficient (Wildman–Crippen LogP) is 4.22. The van der Waals surface area contributed by atoms with Crippen molar-refractivity contribution < 1.29 is 8.78 Å². The summed E-state index contributed by atoms with van der Waals surface area (Å²) in [5.74, 6) is -1.24. The van der Waals surface area contributed by atoms with Crippen LogP contribution in [0.4, 0.5) is 14.7 Å². The van der Waals surface area contributed by atoms with E-state index in [0.29, 0.717) is 9.85 Å². The van der Waals surface area contributed by atoms with Crippen LogP contribution in [0, 0.1) is 11.6 Å². The molecule has 104 valence electrons. The lowest BCUT2D eigenvalue weighted by Gasteiger charge is -2.14. The van der Waals surface area contributed by atoms with Crippen LogP contribution in [0.25, 0.3) is 11.0 Å². The second-order valence-corrected chi connectivity index (χ2v) is 6.16. The average molecular weight is 314 g/mol. The third-order valence-corrected chi connectivity index (χ3v) is 4.54. The van der Waals surface area contributed by atoms with Crippen LogP contribution >= 0.6 is 22.9 Å². The summed E-state index contributed by atoms with van der Waals surface area (Å²) in [6.07, 6.45) is 0. The lowest BCUT2D eigenvalue weighted by Crippen LogP contribution is -2.09. The highest BCUT2D eigenvalue weighted by Gasteiger charge is 2.19. The zero-order chi connectivity index (χ0) is 14.4. The molecule has 0 fully saturated rings. The number of fused-ring (bicyclic) bond motifs is 1. The smallest absolute Gasteiger partial charge is 0.201 e. The van der Waals surface area contributed by atoms with Gasteiger partial charge in [-0.25, -0.2) is 13.8 Å². The standard InChI is InChI=1S/C13H10ClF2N3S/c1-6(10-2-3-11(14)20-10)19-9-5-7(15)4-8(16)12(9)18-13(19)17/h2-6H,1H3,(H2,17,18). The molecule has 0 aliphatic heterocycles. The molecule has 7 heteroatoms. The number of imidazole rings is 1. The number of hydrogen-bond acceptors (Lipinski definition) is 3. The first-order chi connectivity index (χ1) is 9.47. The molecule has 20 heavy (non-hydrogen) atoms. The van der Waals surface area contributed by atoms with Gasteiger partial charge >= 0.3 is 0 Å². The van der Waals surface area contributed by atoms with E-state index in [2.05, 4.69) is 4.98 Å². The molecule has 2 N–H and O–H groups in total. The number of aromatic nitrogens is 2. The fraction of sp³-hybridized carbons (Fsp3) is 0.154. The molecule has 1 atom stereocenters. The Hall–Kier alpha value is -1.66. The number of nitrogens with zero attached hydrogens (tertiary/aromatic N) is 2. The number of nitrogen functional groups attached to an aromatic ring is 1. The molecule has 0 aliphatic carbocycles. The molecule has 3 rings (SSSR count). The first-order valence-corrected chi connectivity index (χ1v) is 7.04. The summed E-state index contributed by atoms with van der Waals surface area (Å²) in [6.45, 7) is 1.88. The van der Waals surface area contributed by atoms with E-state index < -0.39 is 11.6 Å². The van der Waals surface area contributed by atoms with Gasteiger partial charge in [0, 0.05) is 17.0 Å². The molecule has 0 aliphatic rings. The van der Waals surface area contributed by atoms with Gasteiger partial charge in [-0.2, -0.15) is 0 Å². The Labute approximate surface area is 122 Å². The van der Waals surface area contributed by atoms with E-state index in [-0.39, 0.29) is 17.5 Å². The summed E-state index contributed by atoms with van der Waals surface area (Å²) < 4.78 is 29.4. The molecule has 1 unspecified atom stereocenters. The lowest BCUT2D eigenvalue weighted by molar-refractivity contribution is 0.589. The van der Waals surface area contributed by atoms with Crippen molar-refractivity contribution in [3.63, 3.8) is 0 Å². The third kappa shape index (κ3) is 2.05. The maximum atomic E-state index is 13.7. The van der Waals surface area contributed by atoms with Crippen LogP contribution < -0.4 is 5.73 Å². The molecule has 1 aromatic carbocycles. The minimum Gasteiger partial charge on any atom is -0.369 e. The first-order valence-electron chi connectivity index (χ1n) is 5.85. The van der Waals surface area contributed by atoms with E-state index >= 15 is 0 Å². The summed E-state index contributed by atoms with van der Waals surface area (Å²) in [5, 5.41) is 0. The molecule has 2 aromatic heterocycles. The third-order valence-electron chi connectivity index (χ3n) is 3.13. The van der Waals surface area contributed by atoms with Gasteiger partial charge in [0.25, 0.3) is 0 Å². The fourth-order valence-corrected chi connectivity index (χ4v) is 3.33. The number of rotatable bonds is 2. The Bertz CT molecular complexity index is 796. The topological polar surface area (TPSA) is 43.8 Å². The maximum absolute atomic E-state index is 13.7. The van der Waals surface area contributed by atoms with Gasteiger partial charge in [0.1, 0.15) is 11.3 Å². The normalized spacial score (nSPS) is 13.0. The predicted molar refractivity (Wildman–Crippen MR) is 77.2 cm³/mol. The summed E-state index contributed by atoms with van der Waals surface area (Å²) in [5.41, 5.74) is 6.25. The number of nitrogens with two attached hydrogens (primary N) is 1. The lowest BCUT2D eigenvalue weighted by atomic mass is 10.2. The zero-order valence-corrected chi connectivity index (χ0v) is 12.0. The summed E-state index contributed by atoms with van der Waals surface area (Å²) in [6, 6.07) is 5.45. The van der Waals surface area contributed by atoms with Gasteiger partial charge in [-0.1, -0.05) is 11.6 Å². The van der Waals surface area contributed by atoms with E-state index in [9.17, 15) is 8.78 Å². The van der Waals surface area contributed by atoms with Gasteiger partial charge < -0.3 is 10.3 Å². The van der Waals surface area contributed by atoms with Crippen LogP contribution in [0.2, 0.25) is 4.34 Å². The number of anilines is 1. The maximum Gasteiger partial charge on any atom is 0.201 e. The SMILES string of the molecule is CC(c1ccc(Cl)s1)n1c(N)nc2c(F)cc(F)cc21. The van der Waals surface area contributed by atoms with Gasteiger partial charge in [0.2, 0.25) is 5.95 Å². The van der Waals surface area contributed by atoms with Gasteiger partial charge in [0.15, 0.2) is 5.82 Å². The van der Waals surface area contributed by atoms with Crippen LogP contribution in [-0.2, 0) is 0 Å². The van der Waals surface area contributed by atoms with Gasteiger partial charge in [0.05, 0.1) is 15.9 Å². The minimum atomic E-state index is -0.720. The molecule has 0 saturated carbocycles. The molecule has 0 bridgehead atoms. The molecule has 0 amide bonds. The fourth-order valence-electron chi connectivity index (χ4n) is 2.23. The Morgan fingerprint density at radius 3 is 2.75 bits per heavy atom. The number of hydrogen-bond donors (Lipinski definition) is 1. The molecule has 0 spiro atoms. The highest BCUT2D eigenvalue weighted by molar-refractivity contribution is 7.16. The van der Waals surface area contributed by atoms with Gasteiger partial charge in [-0.3, -0.25) is 0 Å². The monoisotopic (exact) mass is 313 g/mol.